The van der Waals surface area contributed by atoms with Crippen molar-refractivity contribution in [2.24, 2.45) is 0 Å². The standard InChI is InChI=1S/C41H46N2O9/c1-42-15-13-24-26(19-32-39(35(24)45-4)51-21-50-32)29(42)17-22-9-11-23(12-10-22)52-37-28-18-30-33-25(14-16-43(30)2)36(46-5)41(49-8)40(48-7)34(33)27(28)20-31(44-3)38(37)47-6/h9-12,19-20,29-30H,13-18,21H2,1-8H3. The number of rotatable bonds is 10. The predicted molar refractivity (Wildman–Crippen MR) is 196 cm³/mol. The van der Waals surface area contributed by atoms with E-state index in [0.717, 1.165) is 71.9 Å². The monoisotopic (exact) mass is 710 g/mol. The Balaban J connectivity index is 1.18. The minimum atomic E-state index is 0.0648. The lowest BCUT2D eigenvalue weighted by Crippen LogP contribution is -2.36. The van der Waals surface area contributed by atoms with Crippen molar-refractivity contribution in [1.29, 1.82) is 0 Å². The SMILES string of the molecule is COc1cc2c(c(Oc3ccc(CC4c5cc6c(c(OC)c5CCN4C)OCO6)cc3)c1OC)CC1c3c(c(OC)c(OC)c(OC)c3-2)CCN1C. The zero-order valence-electron chi connectivity index (χ0n) is 31.1. The summed E-state index contributed by atoms with van der Waals surface area (Å²) in [5.74, 6) is 6.59. The lowest BCUT2D eigenvalue weighted by Gasteiger charge is -2.41. The van der Waals surface area contributed by atoms with Crippen LogP contribution in [-0.2, 0) is 25.7 Å². The maximum Gasteiger partial charge on any atom is 0.231 e. The molecule has 2 unspecified atom stereocenters. The normalized spacial score (nSPS) is 18.5. The van der Waals surface area contributed by atoms with Gasteiger partial charge < -0.3 is 42.6 Å². The molecule has 0 saturated carbocycles. The zero-order chi connectivity index (χ0) is 36.3. The molecular weight excluding hydrogens is 664 g/mol. The highest BCUT2D eigenvalue weighted by Gasteiger charge is 2.42. The van der Waals surface area contributed by atoms with E-state index < -0.39 is 0 Å². The third-order valence-corrected chi connectivity index (χ3v) is 11.2. The lowest BCUT2D eigenvalue weighted by molar-refractivity contribution is 0.171. The molecule has 4 aromatic carbocycles. The first-order valence-electron chi connectivity index (χ1n) is 17.6. The Morgan fingerprint density at radius 1 is 0.673 bits per heavy atom. The minimum absolute atomic E-state index is 0.0648. The molecule has 2 atom stereocenters. The summed E-state index contributed by atoms with van der Waals surface area (Å²) in [6.07, 6.45) is 3.23. The highest BCUT2D eigenvalue weighted by Crippen LogP contribution is 2.60. The molecule has 8 rings (SSSR count). The van der Waals surface area contributed by atoms with E-state index >= 15 is 0 Å². The summed E-state index contributed by atoms with van der Waals surface area (Å²) in [5, 5.41) is 0. The van der Waals surface area contributed by atoms with Crippen molar-refractivity contribution in [3.05, 3.63) is 69.8 Å². The third-order valence-electron chi connectivity index (χ3n) is 11.2. The van der Waals surface area contributed by atoms with Crippen molar-refractivity contribution in [2.75, 3.05) is 76.6 Å². The molecule has 0 aromatic heterocycles. The first-order valence-corrected chi connectivity index (χ1v) is 17.6. The maximum absolute atomic E-state index is 6.83. The molecule has 4 aliphatic rings. The van der Waals surface area contributed by atoms with Crippen LogP contribution in [0.1, 0.15) is 45.5 Å². The molecule has 52 heavy (non-hydrogen) atoms. The largest absolute Gasteiger partial charge is 0.493 e. The van der Waals surface area contributed by atoms with Crippen molar-refractivity contribution in [2.45, 2.75) is 37.8 Å². The quantitative estimate of drug-likeness (QED) is 0.175. The molecule has 11 nitrogen and oxygen atoms in total. The molecule has 0 bridgehead atoms. The van der Waals surface area contributed by atoms with Gasteiger partial charge in [-0.05, 0) is 86.3 Å². The first-order chi connectivity index (χ1) is 25.3. The van der Waals surface area contributed by atoms with Crippen molar-refractivity contribution < 1.29 is 42.6 Å². The maximum atomic E-state index is 6.83. The molecule has 274 valence electrons. The van der Waals surface area contributed by atoms with E-state index in [9.17, 15) is 0 Å². The van der Waals surface area contributed by atoms with Gasteiger partial charge in [-0.3, -0.25) is 9.80 Å². The highest BCUT2D eigenvalue weighted by molar-refractivity contribution is 5.89. The molecule has 0 N–H and O–H groups in total. The van der Waals surface area contributed by atoms with Crippen LogP contribution in [0.15, 0.2) is 36.4 Å². The lowest BCUT2D eigenvalue weighted by atomic mass is 9.75. The van der Waals surface area contributed by atoms with E-state index in [-0.39, 0.29) is 18.9 Å². The fourth-order valence-electron chi connectivity index (χ4n) is 8.70. The fraction of sp³-hybridized carbons (Fsp3) is 0.415. The number of fused-ring (bicyclic) bond motifs is 4. The van der Waals surface area contributed by atoms with Gasteiger partial charge in [0.25, 0.3) is 0 Å². The number of methoxy groups -OCH3 is 6. The highest BCUT2D eigenvalue weighted by atomic mass is 16.7. The van der Waals surface area contributed by atoms with Crippen LogP contribution in [-0.4, -0.2) is 86.4 Å². The summed E-state index contributed by atoms with van der Waals surface area (Å²) in [6.45, 7) is 2.00. The molecule has 0 saturated heterocycles. The topological polar surface area (TPSA) is 89.6 Å². The van der Waals surface area contributed by atoms with Gasteiger partial charge in [0.1, 0.15) is 5.75 Å². The Bertz CT molecular complexity index is 2030. The second-order valence-electron chi connectivity index (χ2n) is 13.7. The van der Waals surface area contributed by atoms with Gasteiger partial charge in [-0.2, -0.15) is 0 Å². The second kappa shape index (κ2) is 13.5. The average molecular weight is 711 g/mol. The van der Waals surface area contributed by atoms with Gasteiger partial charge in [-0.25, -0.2) is 0 Å². The summed E-state index contributed by atoms with van der Waals surface area (Å²) in [4.78, 5) is 4.78. The van der Waals surface area contributed by atoms with Crippen LogP contribution in [0.5, 0.6) is 57.5 Å². The average Bonchev–Trinajstić information content (AvgIpc) is 3.64. The number of ether oxygens (including phenoxy) is 9. The molecule has 1 aliphatic carbocycles. The van der Waals surface area contributed by atoms with Crippen LogP contribution in [0, 0.1) is 0 Å². The Morgan fingerprint density at radius 2 is 1.37 bits per heavy atom. The summed E-state index contributed by atoms with van der Waals surface area (Å²) in [6, 6.07) is 12.7. The number of nitrogens with zero attached hydrogens (tertiary/aromatic N) is 2. The van der Waals surface area contributed by atoms with E-state index in [1.807, 2.05) is 18.2 Å². The van der Waals surface area contributed by atoms with E-state index in [1.54, 1.807) is 42.7 Å². The Labute approximate surface area is 304 Å². The summed E-state index contributed by atoms with van der Waals surface area (Å²) < 4.78 is 54.2. The summed E-state index contributed by atoms with van der Waals surface area (Å²) in [7, 11) is 14.3. The van der Waals surface area contributed by atoms with Crippen molar-refractivity contribution in [1.82, 2.24) is 9.80 Å². The molecule has 3 heterocycles. The van der Waals surface area contributed by atoms with Gasteiger partial charge in [-0.1, -0.05) is 12.1 Å². The molecule has 0 radical (unpaired) electrons. The molecule has 4 aromatic rings. The van der Waals surface area contributed by atoms with E-state index in [4.69, 9.17) is 42.6 Å². The first kappa shape index (κ1) is 34.1. The molecule has 3 aliphatic heterocycles. The van der Waals surface area contributed by atoms with Crippen LogP contribution in [0.25, 0.3) is 11.1 Å². The van der Waals surface area contributed by atoms with Crippen LogP contribution in [0.2, 0.25) is 0 Å². The molecule has 0 fully saturated rings. The Morgan fingerprint density at radius 3 is 2.06 bits per heavy atom. The van der Waals surface area contributed by atoms with Crippen LogP contribution < -0.4 is 42.6 Å². The summed E-state index contributed by atoms with van der Waals surface area (Å²) in [5.41, 5.74) is 8.85. The van der Waals surface area contributed by atoms with Gasteiger partial charge >= 0.3 is 0 Å². The van der Waals surface area contributed by atoms with Crippen LogP contribution in [0.4, 0.5) is 0 Å². The Kier molecular flexibility index (Phi) is 8.87. The van der Waals surface area contributed by atoms with E-state index in [0.29, 0.717) is 46.7 Å². The van der Waals surface area contributed by atoms with Gasteiger partial charge in [0.05, 0.1) is 42.7 Å². The molecule has 0 spiro atoms. The van der Waals surface area contributed by atoms with Gasteiger partial charge in [0.2, 0.25) is 24.0 Å². The van der Waals surface area contributed by atoms with Crippen molar-refractivity contribution >= 4 is 0 Å². The fourth-order valence-corrected chi connectivity index (χ4v) is 8.70. The van der Waals surface area contributed by atoms with Crippen molar-refractivity contribution in [3.8, 4) is 68.6 Å². The Hall–Kier alpha value is -5.00. The van der Waals surface area contributed by atoms with Gasteiger partial charge in [0.15, 0.2) is 34.5 Å². The van der Waals surface area contributed by atoms with Crippen LogP contribution in [0.3, 0.4) is 0 Å². The minimum Gasteiger partial charge on any atom is -0.493 e. The third kappa shape index (κ3) is 5.24. The van der Waals surface area contributed by atoms with Crippen LogP contribution >= 0.6 is 0 Å². The smallest absolute Gasteiger partial charge is 0.231 e. The van der Waals surface area contributed by atoms with Gasteiger partial charge in [-0.15, -0.1) is 0 Å². The van der Waals surface area contributed by atoms with Crippen molar-refractivity contribution in [3.63, 3.8) is 0 Å². The molecule has 11 heteroatoms. The number of hydrogen-bond acceptors (Lipinski definition) is 11. The number of hydrogen-bond donors (Lipinski definition) is 0. The molecule has 0 amide bonds. The number of likely N-dealkylation sites (N-methyl/N-ethyl adjacent to an activating group) is 2. The van der Waals surface area contributed by atoms with E-state index in [2.05, 4.69) is 42.1 Å². The summed E-state index contributed by atoms with van der Waals surface area (Å²) >= 11 is 0. The zero-order valence-corrected chi connectivity index (χ0v) is 31.1. The number of benzene rings is 4. The predicted octanol–water partition coefficient (Wildman–Crippen LogP) is 6.78. The molecular formula is C41H46N2O9. The van der Waals surface area contributed by atoms with E-state index in [1.165, 1.54) is 22.3 Å². The second-order valence-corrected chi connectivity index (χ2v) is 13.7. The van der Waals surface area contributed by atoms with Gasteiger partial charge in [0, 0.05) is 47.4 Å².